The molecule has 0 bridgehead atoms. The molecule has 8 heteroatoms. The van der Waals surface area contributed by atoms with Gasteiger partial charge in [0.15, 0.2) is 5.96 Å². The summed E-state index contributed by atoms with van der Waals surface area (Å²) in [6.07, 6.45) is 3.58. The van der Waals surface area contributed by atoms with Gasteiger partial charge in [-0.1, -0.05) is 18.2 Å². The molecule has 5 nitrogen and oxygen atoms in total. The fourth-order valence-corrected chi connectivity index (χ4v) is 3.67. The highest BCUT2D eigenvalue weighted by atomic mass is 127. The Hall–Kier alpha value is -1.42. The predicted octanol–water partition coefficient (Wildman–Crippen LogP) is 3.61. The molecule has 3 N–H and O–H groups in total. The topological polar surface area (TPSA) is 55.5 Å². The van der Waals surface area contributed by atoms with Crippen molar-refractivity contribution in [3.05, 3.63) is 36.0 Å². The average Bonchev–Trinajstić information content (AvgIpc) is 3.08. The van der Waals surface area contributed by atoms with Gasteiger partial charge < -0.3 is 15.6 Å². The first-order valence-corrected chi connectivity index (χ1v) is 9.68. The number of fused-ring (bicyclic) bond motifs is 1. The van der Waals surface area contributed by atoms with Gasteiger partial charge in [-0.25, -0.2) is 8.78 Å². The van der Waals surface area contributed by atoms with Crippen molar-refractivity contribution in [2.24, 2.45) is 4.99 Å². The highest BCUT2D eigenvalue weighted by Gasteiger charge is 2.21. The molecule has 0 amide bonds. The lowest BCUT2D eigenvalue weighted by molar-refractivity contribution is 0.0744. The van der Waals surface area contributed by atoms with Gasteiger partial charge in [0, 0.05) is 49.8 Å². The molecular formula is C20H30F2IN5. The summed E-state index contributed by atoms with van der Waals surface area (Å²) < 4.78 is 24.9. The molecule has 0 saturated carbocycles. The van der Waals surface area contributed by atoms with E-state index >= 15 is 0 Å². The number of para-hydroxylation sites is 1. The molecule has 0 spiro atoms. The van der Waals surface area contributed by atoms with Gasteiger partial charge in [-0.05, 0) is 37.3 Å². The molecule has 0 unspecified atom stereocenters. The van der Waals surface area contributed by atoms with Gasteiger partial charge in [-0.2, -0.15) is 0 Å². The molecule has 1 saturated heterocycles. The van der Waals surface area contributed by atoms with Crippen LogP contribution in [0.1, 0.15) is 24.8 Å². The molecule has 28 heavy (non-hydrogen) atoms. The van der Waals surface area contributed by atoms with Gasteiger partial charge in [0.2, 0.25) is 0 Å². The summed E-state index contributed by atoms with van der Waals surface area (Å²) in [5, 5.41) is 8.07. The van der Waals surface area contributed by atoms with E-state index in [0.29, 0.717) is 19.1 Å². The summed E-state index contributed by atoms with van der Waals surface area (Å²) in [6, 6.07) is 8.64. The van der Waals surface area contributed by atoms with E-state index in [9.17, 15) is 8.78 Å². The molecule has 0 radical (unpaired) electrons. The van der Waals surface area contributed by atoms with Crippen LogP contribution in [0.5, 0.6) is 0 Å². The van der Waals surface area contributed by atoms with E-state index in [1.165, 1.54) is 16.5 Å². The molecule has 3 rings (SSSR count). The standard InChI is InChI=1S/C20H29F2N5.HI/c1-23-20(26-16-8-11-27(12-9-16)14-19(21)22)24-10-4-5-15-13-25-18-7-3-2-6-17(15)18;/h2-3,6-7,13,16,19,25H,4-5,8-12,14H2,1H3,(H2,23,24,26);1H. The summed E-state index contributed by atoms with van der Waals surface area (Å²) in [5.74, 6) is 0.793. The molecule has 1 aliphatic rings. The lowest BCUT2D eigenvalue weighted by Gasteiger charge is -2.32. The number of aromatic amines is 1. The maximum Gasteiger partial charge on any atom is 0.251 e. The second-order valence-corrected chi connectivity index (χ2v) is 7.07. The normalized spacial score (nSPS) is 16.4. The third kappa shape index (κ3) is 6.58. The summed E-state index contributed by atoms with van der Waals surface area (Å²) >= 11 is 0. The Morgan fingerprint density at radius 3 is 2.75 bits per heavy atom. The van der Waals surface area contributed by atoms with Crippen LogP contribution in [0.4, 0.5) is 8.78 Å². The van der Waals surface area contributed by atoms with Crippen molar-refractivity contribution in [2.45, 2.75) is 38.2 Å². The van der Waals surface area contributed by atoms with Gasteiger partial charge in [-0.15, -0.1) is 24.0 Å². The monoisotopic (exact) mass is 505 g/mol. The zero-order chi connectivity index (χ0) is 19.1. The minimum absolute atomic E-state index is 0. The fraction of sp³-hybridized carbons (Fsp3) is 0.550. The van der Waals surface area contributed by atoms with Crippen molar-refractivity contribution in [3.8, 4) is 0 Å². The van der Waals surface area contributed by atoms with Crippen molar-refractivity contribution >= 4 is 40.8 Å². The smallest absolute Gasteiger partial charge is 0.251 e. The van der Waals surface area contributed by atoms with Crippen molar-refractivity contribution in [1.29, 1.82) is 0 Å². The highest BCUT2D eigenvalue weighted by molar-refractivity contribution is 14.0. The number of piperidine rings is 1. The van der Waals surface area contributed by atoms with Crippen molar-refractivity contribution in [3.63, 3.8) is 0 Å². The second-order valence-electron chi connectivity index (χ2n) is 7.07. The fourth-order valence-electron chi connectivity index (χ4n) is 3.67. The molecule has 1 fully saturated rings. The molecule has 2 aromatic rings. The number of H-pyrrole nitrogens is 1. The Kier molecular flexibility index (Phi) is 9.43. The number of guanidine groups is 1. The number of hydrogen-bond donors (Lipinski definition) is 3. The summed E-state index contributed by atoms with van der Waals surface area (Å²) in [6.45, 7) is 2.13. The number of likely N-dealkylation sites (tertiary alicyclic amines) is 1. The number of aryl methyl sites for hydroxylation is 1. The minimum Gasteiger partial charge on any atom is -0.361 e. The molecular weight excluding hydrogens is 475 g/mol. The molecule has 0 aliphatic carbocycles. The van der Waals surface area contributed by atoms with E-state index in [2.05, 4.69) is 45.0 Å². The third-order valence-electron chi connectivity index (χ3n) is 5.14. The van der Waals surface area contributed by atoms with Crippen LogP contribution in [0.15, 0.2) is 35.5 Å². The number of hydrogen-bond acceptors (Lipinski definition) is 2. The highest BCUT2D eigenvalue weighted by Crippen LogP contribution is 2.18. The molecule has 1 aromatic carbocycles. The van der Waals surface area contributed by atoms with Crippen LogP contribution in [0, 0.1) is 0 Å². The molecule has 2 heterocycles. The molecule has 1 aliphatic heterocycles. The van der Waals surface area contributed by atoms with Gasteiger partial charge in [0.25, 0.3) is 6.43 Å². The number of nitrogens with zero attached hydrogens (tertiary/aromatic N) is 2. The molecule has 0 atom stereocenters. The number of aromatic nitrogens is 1. The van der Waals surface area contributed by atoms with Gasteiger partial charge in [-0.3, -0.25) is 9.89 Å². The number of rotatable bonds is 7. The van der Waals surface area contributed by atoms with Crippen LogP contribution in [0.25, 0.3) is 10.9 Å². The number of aliphatic imine (C=N–C) groups is 1. The van der Waals surface area contributed by atoms with Crippen LogP contribution >= 0.6 is 24.0 Å². The van der Waals surface area contributed by atoms with Gasteiger partial charge >= 0.3 is 0 Å². The zero-order valence-corrected chi connectivity index (χ0v) is 18.6. The maximum absolute atomic E-state index is 12.5. The first kappa shape index (κ1) is 22.9. The van der Waals surface area contributed by atoms with E-state index in [0.717, 1.165) is 38.2 Å². The zero-order valence-electron chi connectivity index (χ0n) is 16.3. The van der Waals surface area contributed by atoms with Crippen LogP contribution in [0.2, 0.25) is 0 Å². The predicted molar refractivity (Wildman–Crippen MR) is 122 cm³/mol. The lowest BCUT2D eigenvalue weighted by atomic mass is 10.1. The Balaban J connectivity index is 0.00000280. The third-order valence-corrected chi connectivity index (χ3v) is 5.14. The van der Waals surface area contributed by atoms with Crippen LogP contribution in [0.3, 0.4) is 0 Å². The van der Waals surface area contributed by atoms with Crippen LogP contribution in [-0.4, -0.2) is 61.5 Å². The van der Waals surface area contributed by atoms with Crippen LogP contribution < -0.4 is 10.6 Å². The summed E-state index contributed by atoms with van der Waals surface area (Å²) in [5.41, 5.74) is 2.51. The first-order valence-electron chi connectivity index (χ1n) is 9.68. The number of benzene rings is 1. The van der Waals surface area contributed by atoms with Crippen molar-refractivity contribution < 1.29 is 8.78 Å². The first-order chi connectivity index (χ1) is 13.2. The average molecular weight is 505 g/mol. The maximum atomic E-state index is 12.5. The lowest BCUT2D eigenvalue weighted by Crippen LogP contribution is -2.49. The van der Waals surface area contributed by atoms with E-state index in [1.54, 1.807) is 7.05 Å². The number of alkyl halides is 2. The van der Waals surface area contributed by atoms with E-state index in [4.69, 9.17) is 0 Å². The van der Waals surface area contributed by atoms with Gasteiger partial charge in [0.1, 0.15) is 0 Å². The molecule has 1 aromatic heterocycles. The summed E-state index contributed by atoms with van der Waals surface area (Å²) in [7, 11) is 1.76. The van der Waals surface area contributed by atoms with E-state index < -0.39 is 6.43 Å². The Labute approximate surface area is 182 Å². The van der Waals surface area contributed by atoms with Crippen molar-refractivity contribution in [1.82, 2.24) is 20.5 Å². The Morgan fingerprint density at radius 1 is 1.29 bits per heavy atom. The largest absolute Gasteiger partial charge is 0.361 e. The number of halogens is 3. The van der Waals surface area contributed by atoms with E-state index in [-0.39, 0.29) is 30.5 Å². The summed E-state index contributed by atoms with van der Waals surface area (Å²) in [4.78, 5) is 9.43. The number of nitrogens with one attached hydrogen (secondary N) is 3. The van der Waals surface area contributed by atoms with Crippen LogP contribution in [-0.2, 0) is 6.42 Å². The second kappa shape index (κ2) is 11.5. The van der Waals surface area contributed by atoms with E-state index in [1.807, 2.05) is 11.0 Å². The molecule has 156 valence electrons. The Bertz CT molecular complexity index is 741. The minimum atomic E-state index is -2.25. The van der Waals surface area contributed by atoms with Crippen molar-refractivity contribution in [2.75, 3.05) is 33.2 Å². The SMILES string of the molecule is CN=C(NCCCc1c[nH]c2ccccc12)NC1CCN(CC(F)F)CC1.I. The van der Waals surface area contributed by atoms with Gasteiger partial charge in [0.05, 0.1) is 6.54 Å². The quantitative estimate of drug-likeness (QED) is 0.233. The Morgan fingerprint density at radius 2 is 2.04 bits per heavy atom.